The minimum Gasteiger partial charge on any atom is -0.493 e. The number of carbonyl (C=O) groups excluding carboxylic acids is 1. The minimum atomic E-state index is -0.245. The number of hydrogen-bond donors (Lipinski definition) is 3. The quantitative estimate of drug-likeness (QED) is 0.116. The number of rotatable bonds is 11. The lowest BCUT2D eigenvalue weighted by Crippen LogP contribution is -2.17. The van der Waals surface area contributed by atoms with Crippen molar-refractivity contribution in [2.45, 2.75) is 5.16 Å². The molecule has 0 bridgehead atoms. The monoisotopic (exact) mass is 519 g/mol. The number of benzene rings is 3. The lowest BCUT2D eigenvalue weighted by atomic mass is 10.2. The number of anilines is 2. The van der Waals surface area contributed by atoms with Gasteiger partial charge < -0.3 is 25.4 Å². The second kappa shape index (κ2) is 12.3. The number of nitrogen functional groups attached to an aromatic ring is 1. The molecule has 11 nitrogen and oxygen atoms in total. The van der Waals surface area contributed by atoms with Crippen LogP contribution in [0.2, 0.25) is 0 Å². The van der Waals surface area contributed by atoms with E-state index < -0.39 is 0 Å². The van der Waals surface area contributed by atoms with Gasteiger partial charge in [-0.25, -0.2) is 10.1 Å². The van der Waals surface area contributed by atoms with E-state index >= 15 is 0 Å². The molecule has 0 radical (unpaired) electrons. The van der Waals surface area contributed by atoms with Crippen molar-refractivity contribution in [2.24, 2.45) is 5.10 Å². The Hall–Kier alpha value is -4.71. The third-order valence-corrected chi connectivity index (χ3v) is 5.82. The highest BCUT2D eigenvalue weighted by Gasteiger charge is 2.13. The van der Waals surface area contributed by atoms with Crippen molar-refractivity contribution < 1.29 is 19.0 Å². The van der Waals surface area contributed by atoms with Gasteiger partial charge in [0, 0.05) is 11.8 Å². The van der Waals surface area contributed by atoms with E-state index in [9.17, 15) is 4.79 Å². The number of nitrogens with zero attached hydrogens (tertiary/aromatic N) is 4. The number of hydrogen-bond acceptors (Lipinski definition) is 10. The molecule has 3 aromatic carbocycles. The zero-order valence-corrected chi connectivity index (χ0v) is 20.9. The molecule has 0 aliphatic heterocycles. The number of amides is 1. The molecule has 1 aromatic heterocycles. The number of hydrazone groups is 1. The molecule has 0 saturated heterocycles. The molecule has 0 spiro atoms. The molecule has 190 valence electrons. The molecule has 12 heteroatoms. The van der Waals surface area contributed by atoms with Crippen LogP contribution in [-0.4, -0.2) is 47.0 Å². The number of methoxy groups -OCH3 is 2. The summed E-state index contributed by atoms with van der Waals surface area (Å²) in [6.45, 7) is 0. The van der Waals surface area contributed by atoms with Crippen molar-refractivity contribution in [1.29, 1.82) is 0 Å². The third kappa shape index (κ3) is 6.92. The molecule has 37 heavy (non-hydrogen) atoms. The van der Waals surface area contributed by atoms with E-state index in [1.165, 1.54) is 11.8 Å². The van der Waals surface area contributed by atoms with Gasteiger partial charge in [-0.1, -0.05) is 42.1 Å². The van der Waals surface area contributed by atoms with Crippen LogP contribution in [0, 0.1) is 0 Å². The van der Waals surface area contributed by atoms with Crippen LogP contribution < -0.4 is 30.8 Å². The summed E-state index contributed by atoms with van der Waals surface area (Å²) < 4.78 is 17.5. The van der Waals surface area contributed by atoms with E-state index in [1.54, 1.807) is 31.5 Å². The van der Waals surface area contributed by atoms with Gasteiger partial charge in [0.1, 0.15) is 11.5 Å². The second-order valence-electron chi connectivity index (χ2n) is 7.44. The fourth-order valence-electron chi connectivity index (χ4n) is 3.14. The zero-order valence-electron chi connectivity index (χ0n) is 20.1. The maximum absolute atomic E-state index is 12.4. The second-order valence-corrected chi connectivity index (χ2v) is 8.38. The van der Waals surface area contributed by atoms with E-state index in [2.05, 4.69) is 26.0 Å². The van der Waals surface area contributed by atoms with Crippen LogP contribution in [0.3, 0.4) is 0 Å². The number of carbonyl (C=O) groups is 1. The standard InChI is InChI=1S/C25H25N7O4S/c1-34-21-12-11-18(14-22(21)35-2)28-23(33)16-37-25-31-30-24(32(25)26)29-27-15-17-7-6-10-20(13-17)36-19-8-4-3-5-9-19/h3-15H,16,26H2,1-2H3,(H,28,33)(H,29,30)/b27-15+. The van der Waals surface area contributed by atoms with Crippen LogP contribution in [0.4, 0.5) is 11.6 Å². The molecule has 1 amide bonds. The summed E-state index contributed by atoms with van der Waals surface area (Å²) in [7, 11) is 3.07. The maximum atomic E-state index is 12.4. The van der Waals surface area contributed by atoms with Gasteiger partial charge in [-0.2, -0.15) is 5.10 Å². The first kappa shape index (κ1) is 25.4. The van der Waals surface area contributed by atoms with Crippen LogP contribution >= 0.6 is 11.8 Å². The molecule has 0 aliphatic rings. The first-order chi connectivity index (χ1) is 18.1. The van der Waals surface area contributed by atoms with Crippen LogP contribution in [0.5, 0.6) is 23.0 Å². The molecular formula is C25H25N7O4S. The Morgan fingerprint density at radius 3 is 2.57 bits per heavy atom. The lowest BCUT2D eigenvalue weighted by molar-refractivity contribution is -0.113. The van der Waals surface area contributed by atoms with Crippen LogP contribution in [0.25, 0.3) is 0 Å². The Morgan fingerprint density at radius 1 is 1.00 bits per heavy atom. The molecule has 1 heterocycles. The highest BCUT2D eigenvalue weighted by molar-refractivity contribution is 7.99. The Balaban J connectivity index is 1.30. The first-order valence-corrected chi connectivity index (χ1v) is 12.0. The Bertz CT molecular complexity index is 1380. The van der Waals surface area contributed by atoms with Gasteiger partial charge in [-0.05, 0) is 42.0 Å². The average molecular weight is 520 g/mol. The topological polar surface area (TPSA) is 138 Å². The van der Waals surface area contributed by atoms with Crippen LogP contribution in [0.15, 0.2) is 83.1 Å². The Kier molecular flexibility index (Phi) is 8.45. The highest BCUT2D eigenvalue weighted by atomic mass is 32.2. The summed E-state index contributed by atoms with van der Waals surface area (Å²) in [4.78, 5) is 12.4. The fraction of sp³-hybridized carbons (Fsp3) is 0.120. The predicted octanol–water partition coefficient (Wildman–Crippen LogP) is 3.98. The number of thioether (sulfide) groups is 1. The van der Waals surface area contributed by atoms with E-state index in [-0.39, 0.29) is 17.6 Å². The molecule has 0 atom stereocenters. The SMILES string of the molecule is COc1ccc(NC(=O)CSc2nnc(N/N=C/c3cccc(Oc4ccccc4)c3)n2N)cc1OC. The molecule has 4 aromatic rings. The lowest BCUT2D eigenvalue weighted by Gasteiger charge is -2.10. The summed E-state index contributed by atoms with van der Waals surface area (Å²) in [5.41, 5.74) is 4.14. The van der Waals surface area contributed by atoms with Gasteiger partial charge in [0.25, 0.3) is 5.95 Å². The number of nitrogens with two attached hydrogens (primary N) is 1. The van der Waals surface area contributed by atoms with Crippen molar-refractivity contribution in [3.63, 3.8) is 0 Å². The predicted molar refractivity (Wildman–Crippen MR) is 143 cm³/mol. The van der Waals surface area contributed by atoms with Gasteiger partial charge in [0.2, 0.25) is 11.1 Å². The van der Waals surface area contributed by atoms with Gasteiger partial charge in [0.05, 0.1) is 26.2 Å². The summed E-state index contributed by atoms with van der Waals surface area (Å²) in [6, 6.07) is 22.1. The number of nitrogens with one attached hydrogen (secondary N) is 2. The van der Waals surface area contributed by atoms with E-state index in [1.807, 2.05) is 54.6 Å². The van der Waals surface area contributed by atoms with Crippen molar-refractivity contribution in [2.75, 3.05) is 36.6 Å². The summed E-state index contributed by atoms with van der Waals surface area (Å²) in [5, 5.41) is 15.3. The average Bonchev–Trinajstić information content (AvgIpc) is 3.27. The maximum Gasteiger partial charge on any atom is 0.264 e. The minimum absolute atomic E-state index is 0.0706. The largest absolute Gasteiger partial charge is 0.493 e. The number of aromatic nitrogens is 3. The van der Waals surface area contributed by atoms with E-state index in [0.717, 1.165) is 23.1 Å². The van der Waals surface area contributed by atoms with Crippen molar-refractivity contribution >= 4 is 35.5 Å². The summed E-state index contributed by atoms with van der Waals surface area (Å²) in [6.07, 6.45) is 1.61. The van der Waals surface area contributed by atoms with Gasteiger partial charge >= 0.3 is 0 Å². The van der Waals surface area contributed by atoms with Crippen LogP contribution in [0.1, 0.15) is 5.56 Å². The zero-order chi connectivity index (χ0) is 26.0. The third-order valence-electron chi connectivity index (χ3n) is 4.88. The fourth-order valence-corrected chi connectivity index (χ4v) is 3.80. The van der Waals surface area contributed by atoms with Crippen molar-refractivity contribution in [3.8, 4) is 23.0 Å². The molecule has 0 saturated carbocycles. The molecule has 4 N–H and O–H groups in total. The van der Waals surface area contributed by atoms with Gasteiger partial charge in [-0.15, -0.1) is 10.2 Å². The number of ether oxygens (including phenoxy) is 3. The Morgan fingerprint density at radius 2 is 1.78 bits per heavy atom. The summed E-state index contributed by atoms with van der Waals surface area (Å²) in [5.74, 6) is 8.61. The molecule has 0 unspecified atom stereocenters. The molecule has 0 fully saturated rings. The summed E-state index contributed by atoms with van der Waals surface area (Å²) >= 11 is 1.13. The molecule has 4 rings (SSSR count). The van der Waals surface area contributed by atoms with Crippen LogP contribution in [-0.2, 0) is 4.79 Å². The molecule has 0 aliphatic carbocycles. The van der Waals surface area contributed by atoms with E-state index in [4.69, 9.17) is 20.1 Å². The number of para-hydroxylation sites is 1. The van der Waals surface area contributed by atoms with Crippen molar-refractivity contribution in [3.05, 3.63) is 78.4 Å². The molecular weight excluding hydrogens is 494 g/mol. The highest BCUT2D eigenvalue weighted by Crippen LogP contribution is 2.30. The first-order valence-electron chi connectivity index (χ1n) is 11.0. The smallest absolute Gasteiger partial charge is 0.264 e. The van der Waals surface area contributed by atoms with Gasteiger partial charge in [0.15, 0.2) is 11.5 Å². The Labute approximate surface area is 217 Å². The van der Waals surface area contributed by atoms with E-state index in [0.29, 0.717) is 28.1 Å². The van der Waals surface area contributed by atoms with Gasteiger partial charge in [-0.3, -0.25) is 4.79 Å². The normalized spacial score (nSPS) is 10.8. The van der Waals surface area contributed by atoms with Crippen molar-refractivity contribution in [1.82, 2.24) is 14.9 Å².